The van der Waals surface area contributed by atoms with E-state index in [-0.39, 0.29) is 17.6 Å². The van der Waals surface area contributed by atoms with Gasteiger partial charge in [0.25, 0.3) is 5.91 Å². The van der Waals surface area contributed by atoms with Crippen LogP contribution in [0.2, 0.25) is 0 Å². The van der Waals surface area contributed by atoms with E-state index in [0.717, 1.165) is 23.2 Å². The molecule has 2 aromatic carbocycles. The molecular weight excluding hydrogens is 436 g/mol. The Morgan fingerprint density at radius 1 is 1.00 bits per heavy atom. The number of aryl methyl sites for hydroxylation is 3. The number of rotatable bonds is 7. The highest BCUT2D eigenvalue weighted by Gasteiger charge is 2.19. The lowest BCUT2D eigenvalue weighted by atomic mass is 10.1. The van der Waals surface area contributed by atoms with E-state index < -0.39 is 0 Å². The number of hydrogen-bond acceptors (Lipinski definition) is 6. The Kier molecular flexibility index (Phi) is 6.74. The van der Waals surface area contributed by atoms with Crippen molar-refractivity contribution < 1.29 is 14.0 Å². The number of hydrogen-bond donors (Lipinski definition) is 2. The highest BCUT2D eigenvalue weighted by Crippen LogP contribution is 2.31. The zero-order valence-corrected chi connectivity index (χ0v) is 19.5. The van der Waals surface area contributed by atoms with Crippen LogP contribution in [0.3, 0.4) is 0 Å². The number of nitrogens with zero attached hydrogens (tertiary/aromatic N) is 2. The molecule has 0 atom stereocenters. The van der Waals surface area contributed by atoms with E-state index in [9.17, 15) is 9.59 Å². The van der Waals surface area contributed by atoms with E-state index in [0.29, 0.717) is 33.4 Å². The SMILES string of the molecule is CCc1cccc(NC(=O)CSc2nc(NC(=O)c3ccccc3)c3c(C)c(C)oc3n2)c1. The van der Waals surface area contributed by atoms with Crippen LogP contribution in [0.25, 0.3) is 11.1 Å². The molecule has 0 fully saturated rings. The van der Waals surface area contributed by atoms with Gasteiger partial charge in [-0.1, -0.05) is 49.0 Å². The molecule has 2 heterocycles. The fourth-order valence-corrected chi connectivity index (χ4v) is 3.99. The van der Waals surface area contributed by atoms with E-state index in [1.165, 1.54) is 11.8 Å². The standard InChI is InChI=1S/C25H24N4O3S/c1-4-17-9-8-12-19(13-17)26-20(30)14-33-25-28-22(21-15(2)16(3)32-24(21)29-25)27-23(31)18-10-6-5-7-11-18/h5-13H,4,14H2,1-3H3,(H,26,30)(H,27,28,29,31). The van der Waals surface area contributed by atoms with Crippen LogP contribution in [0.5, 0.6) is 0 Å². The van der Waals surface area contributed by atoms with E-state index in [1.54, 1.807) is 24.3 Å². The van der Waals surface area contributed by atoms with Gasteiger partial charge in [-0.3, -0.25) is 9.59 Å². The van der Waals surface area contributed by atoms with Crippen molar-refractivity contribution in [3.63, 3.8) is 0 Å². The van der Waals surface area contributed by atoms with Crippen LogP contribution in [0.4, 0.5) is 11.5 Å². The van der Waals surface area contributed by atoms with Crippen molar-refractivity contribution in [1.82, 2.24) is 9.97 Å². The first kappa shape index (κ1) is 22.5. The summed E-state index contributed by atoms with van der Waals surface area (Å²) in [6, 6.07) is 16.7. The molecule has 0 saturated carbocycles. The summed E-state index contributed by atoms with van der Waals surface area (Å²) in [6.07, 6.45) is 0.895. The molecule has 0 spiro atoms. The maximum Gasteiger partial charge on any atom is 0.256 e. The van der Waals surface area contributed by atoms with Crippen molar-refractivity contribution >= 4 is 46.2 Å². The number of nitrogens with one attached hydrogen (secondary N) is 2. The lowest BCUT2D eigenvalue weighted by Crippen LogP contribution is -2.15. The van der Waals surface area contributed by atoms with Crippen molar-refractivity contribution in [2.45, 2.75) is 32.3 Å². The smallest absolute Gasteiger partial charge is 0.256 e. The minimum absolute atomic E-state index is 0.118. The van der Waals surface area contributed by atoms with Crippen molar-refractivity contribution in [3.05, 3.63) is 77.0 Å². The van der Waals surface area contributed by atoms with Crippen LogP contribution < -0.4 is 10.6 Å². The first-order valence-corrected chi connectivity index (χ1v) is 11.6. The zero-order chi connectivity index (χ0) is 23.4. The molecule has 8 heteroatoms. The Balaban J connectivity index is 1.54. The molecule has 0 unspecified atom stereocenters. The van der Waals surface area contributed by atoms with Crippen molar-refractivity contribution in [1.29, 1.82) is 0 Å². The molecule has 0 saturated heterocycles. The second kappa shape index (κ2) is 9.87. The first-order chi connectivity index (χ1) is 15.9. The van der Waals surface area contributed by atoms with Crippen LogP contribution in [0, 0.1) is 13.8 Å². The quantitative estimate of drug-likeness (QED) is 0.284. The summed E-state index contributed by atoms with van der Waals surface area (Å²) >= 11 is 1.18. The van der Waals surface area contributed by atoms with Crippen molar-refractivity contribution in [3.8, 4) is 0 Å². The average molecular weight is 461 g/mol. The van der Waals surface area contributed by atoms with Gasteiger partial charge in [-0.25, -0.2) is 4.98 Å². The number of benzene rings is 2. The average Bonchev–Trinajstić information content (AvgIpc) is 3.11. The number of fused-ring (bicyclic) bond motifs is 1. The Bertz CT molecular complexity index is 1320. The Morgan fingerprint density at radius 3 is 2.55 bits per heavy atom. The van der Waals surface area contributed by atoms with Crippen LogP contribution in [0.15, 0.2) is 64.2 Å². The van der Waals surface area contributed by atoms with Gasteiger partial charge >= 0.3 is 0 Å². The summed E-state index contributed by atoms with van der Waals surface area (Å²) in [5.74, 6) is 0.732. The first-order valence-electron chi connectivity index (χ1n) is 10.6. The van der Waals surface area contributed by atoms with Crippen LogP contribution in [-0.2, 0) is 11.2 Å². The number of amides is 2. The molecule has 0 radical (unpaired) electrons. The predicted molar refractivity (Wildman–Crippen MR) is 131 cm³/mol. The summed E-state index contributed by atoms with van der Waals surface area (Å²) in [5, 5.41) is 6.77. The van der Waals surface area contributed by atoms with Gasteiger partial charge in [0.15, 0.2) is 5.16 Å². The zero-order valence-electron chi connectivity index (χ0n) is 18.6. The van der Waals surface area contributed by atoms with Gasteiger partial charge in [-0.15, -0.1) is 0 Å². The lowest BCUT2D eigenvalue weighted by Gasteiger charge is -2.09. The van der Waals surface area contributed by atoms with Crippen LogP contribution in [0.1, 0.15) is 34.2 Å². The molecule has 4 rings (SSSR count). The van der Waals surface area contributed by atoms with Gasteiger partial charge in [-0.05, 0) is 50.1 Å². The Labute approximate surface area is 196 Å². The van der Waals surface area contributed by atoms with Crippen molar-refractivity contribution in [2.75, 3.05) is 16.4 Å². The third kappa shape index (κ3) is 5.23. The van der Waals surface area contributed by atoms with Crippen molar-refractivity contribution in [2.24, 2.45) is 0 Å². The van der Waals surface area contributed by atoms with Gasteiger partial charge < -0.3 is 15.1 Å². The Morgan fingerprint density at radius 2 is 1.79 bits per heavy atom. The number of anilines is 2. The predicted octanol–water partition coefficient (Wildman–Crippen LogP) is 5.39. The van der Waals surface area contributed by atoms with E-state index in [4.69, 9.17) is 4.42 Å². The largest absolute Gasteiger partial charge is 0.443 e. The monoisotopic (exact) mass is 460 g/mol. The molecule has 0 aliphatic carbocycles. The number of thioether (sulfide) groups is 1. The molecule has 2 N–H and O–H groups in total. The van der Waals surface area contributed by atoms with E-state index in [2.05, 4.69) is 27.5 Å². The Hall–Kier alpha value is -3.65. The number of aromatic nitrogens is 2. The molecule has 0 bridgehead atoms. The second-order valence-electron chi connectivity index (χ2n) is 7.53. The summed E-state index contributed by atoms with van der Waals surface area (Å²) in [6.45, 7) is 5.80. The fraction of sp³-hybridized carbons (Fsp3) is 0.200. The number of furan rings is 1. The summed E-state index contributed by atoms with van der Waals surface area (Å²) in [7, 11) is 0. The highest BCUT2D eigenvalue weighted by molar-refractivity contribution is 7.99. The maximum absolute atomic E-state index is 12.7. The highest BCUT2D eigenvalue weighted by atomic mass is 32.2. The minimum Gasteiger partial charge on any atom is -0.443 e. The van der Waals surface area contributed by atoms with Gasteiger partial charge in [0.1, 0.15) is 11.6 Å². The number of carbonyl (C=O) groups excluding carboxylic acids is 2. The van der Waals surface area contributed by atoms with Gasteiger partial charge in [0.2, 0.25) is 11.6 Å². The van der Waals surface area contributed by atoms with E-state index >= 15 is 0 Å². The second-order valence-corrected chi connectivity index (χ2v) is 8.47. The van der Waals surface area contributed by atoms with Gasteiger partial charge in [0.05, 0.1) is 11.1 Å². The molecule has 4 aromatic rings. The molecule has 2 amide bonds. The summed E-state index contributed by atoms with van der Waals surface area (Å²) < 4.78 is 5.78. The summed E-state index contributed by atoms with van der Waals surface area (Å²) in [5.41, 5.74) is 3.66. The third-order valence-corrected chi connectivity index (χ3v) is 6.07. The molecule has 33 heavy (non-hydrogen) atoms. The molecule has 7 nitrogen and oxygen atoms in total. The molecule has 0 aliphatic rings. The topological polar surface area (TPSA) is 97.1 Å². The van der Waals surface area contributed by atoms with E-state index in [1.807, 2.05) is 44.2 Å². The normalized spacial score (nSPS) is 10.9. The molecule has 168 valence electrons. The van der Waals surface area contributed by atoms with Crippen LogP contribution in [-0.4, -0.2) is 27.5 Å². The number of carbonyl (C=O) groups is 2. The van der Waals surface area contributed by atoms with Gasteiger partial charge in [0, 0.05) is 16.8 Å². The third-order valence-electron chi connectivity index (χ3n) is 5.23. The minimum atomic E-state index is -0.279. The van der Waals surface area contributed by atoms with Gasteiger partial charge in [-0.2, -0.15) is 4.98 Å². The molecular formula is C25H24N4O3S. The maximum atomic E-state index is 12.7. The summed E-state index contributed by atoms with van der Waals surface area (Å²) in [4.78, 5) is 34.2. The lowest BCUT2D eigenvalue weighted by molar-refractivity contribution is -0.113. The fourth-order valence-electron chi connectivity index (χ4n) is 3.35. The molecule has 0 aliphatic heterocycles. The molecule has 2 aromatic heterocycles. The van der Waals surface area contributed by atoms with Crippen LogP contribution >= 0.6 is 11.8 Å².